The molecule has 0 saturated carbocycles. The lowest BCUT2D eigenvalue weighted by molar-refractivity contribution is 0.191. The molecule has 0 bridgehead atoms. The highest BCUT2D eigenvalue weighted by Crippen LogP contribution is 2.57. The van der Waals surface area contributed by atoms with E-state index in [-0.39, 0.29) is 5.57 Å². The van der Waals surface area contributed by atoms with E-state index in [9.17, 15) is 14.0 Å². The lowest BCUT2D eigenvalue weighted by atomic mass is 10.0. The Hall–Kier alpha value is -0.780. The predicted octanol–water partition coefficient (Wildman–Crippen LogP) is 6.36. The summed E-state index contributed by atoms with van der Waals surface area (Å²) in [6, 6.07) is -0.706. The van der Waals surface area contributed by atoms with Gasteiger partial charge in [0.2, 0.25) is 0 Å². The molecule has 0 saturated heterocycles. The highest BCUT2D eigenvalue weighted by molar-refractivity contribution is 7.60. The zero-order chi connectivity index (χ0) is 25.2. The summed E-state index contributed by atoms with van der Waals surface area (Å²) < 4.78 is 53.2. The first-order chi connectivity index (χ1) is 14.4. The van der Waals surface area contributed by atoms with Gasteiger partial charge >= 0.3 is 15.6 Å². The summed E-state index contributed by atoms with van der Waals surface area (Å²) in [7, 11) is -10.8. The van der Waals surface area contributed by atoms with Crippen molar-refractivity contribution in [2.45, 2.75) is 73.1 Å². The fourth-order valence-corrected chi connectivity index (χ4v) is 3.62. The second kappa shape index (κ2) is 14.3. The highest BCUT2D eigenvalue weighted by atomic mass is 31.3. The molecule has 0 amide bonds. The van der Waals surface area contributed by atoms with Crippen molar-refractivity contribution in [3.63, 3.8) is 0 Å². The number of allylic oxidation sites excluding steroid dienone is 7. The molecule has 0 radical (unpaired) electrons. The maximum absolute atomic E-state index is 11.6. The third kappa shape index (κ3) is 19.0. The van der Waals surface area contributed by atoms with Gasteiger partial charge in [0.15, 0.2) is 0 Å². The van der Waals surface area contributed by atoms with Crippen molar-refractivity contribution in [3.05, 3.63) is 46.6 Å². The first kappa shape index (κ1) is 22.9. The van der Waals surface area contributed by atoms with Gasteiger partial charge in [0.05, 0.1) is 10.7 Å². The zero-order valence-electron chi connectivity index (χ0n) is 20.8. The van der Waals surface area contributed by atoms with E-state index in [0.29, 0.717) is 12.8 Å². The van der Waals surface area contributed by atoms with Crippen molar-refractivity contribution in [2.24, 2.45) is 0 Å². The Bertz CT molecular complexity index is 838. The second-order valence-corrected chi connectivity index (χ2v) is 9.89. The molecule has 7 nitrogen and oxygen atoms in total. The van der Waals surface area contributed by atoms with Crippen LogP contribution in [0.3, 0.4) is 0 Å². The van der Waals surface area contributed by atoms with Gasteiger partial charge in [0.1, 0.15) is 0 Å². The minimum Gasteiger partial charge on any atom is -0.302 e. The molecule has 0 fully saturated rings. The molecule has 0 heterocycles. The Morgan fingerprint density at radius 3 is 1.76 bits per heavy atom. The van der Waals surface area contributed by atoms with Gasteiger partial charge in [-0.3, -0.25) is 4.52 Å². The Morgan fingerprint density at radius 2 is 1.31 bits per heavy atom. The monoisotopic (exact) mass is 453 g/mol. The number of phosphoric acid groups is 2. The summed E-state index contributed by atoms with van der Waals surface area (Å²) in [4.78, 5) is 26.5. The van der Waals surface area contributed by atoms with E-state index in [4.69, 9.17) is 13.9 Å². The molecule has 9 heteroatoms. The van der Waals surface area contributed by atoms with Crippen molar-refractivity contribution in [1.82, 2.24) is 0 Å². The van der Waals surface area contributed by atoms with Crippen LogP contribution in [0.5, 0.6) is 0 Å². The van der Waals surface area contributed by atoms with Crippen LogP contribution in [0, 0.1) is 0 Å². The molecule has 0 aliphatic heterocycles. The van der Waals surface area contributed by atoms with Crippen molar-refractivity contribution in [3.8, 4) is 0 Å². The molecule has 0 rings (SSSR count). The predicted molar refractivity (Wildman–Crippen MR) is 117 cm³/mol. The van der Waals surface area contributed by atoms with Crippen molar-refractivity contribution >= 4 is 15.6 Å². The number of hydrogen-bond acceptors (Lipinski definition) is 4. The molecular weight excluding hydrogens is 414 g/mol. The van der Waals surface area contributed by atoms with Gasteiger partial charge in [0.25, 0.3) is 0 Å². The number of phosphoric ester groups is 1. The molecule has 0 aliphatic rings. The molecule has 29 heavy (non-hydrogen) atoms. The van der Waals surface area contributed by atoms with Gasteiger partial charge in [-0.2, -0.15) is 4.31 Å². The third-order valence-corrected chi connectivity index (χ3v) is 5.77. The first-order valence-electron chi connectivity index (χ1n) is 10.9. The quantitative estimate of drug-likeness (QED) is 0.207. The summed E-state index contributed by atoms with van der Waals surface area (Å²) in [6.07, 6.45) is 11.2. The smallest absolute Gasteiger partial charge is 0.302 e. The standard InChI is InChI=1S/C20H36O7P2/c1-17(2)9-6-10-18(3)11-7-12-19(4)13-8-14-20(5)15-16-26-29(24,25)27-28(21,22)23/h9,11,13,15H,6-8,10,12,14,16H2,1-5H3,(H,24,25)(H2,21,22,23)/b18-11+,19-13+,20-15+/i15D,16D2. The molecular formula is C20H36O7P2. The van der Waals surface area contributed by atoms with Crippen molar-refractivity contribution in [1.29, 1.82) is 0 Å². The summed E-state index contributed by atoms with van der Waals surface area (Å²) in [5.74, 6) is 0. The molecule has 3 N–H and O–H groups in total. The Kier molecular flexibility index (Phi) is 11.3. The first-order valence-corrected chi connectivity index (χ1v) is 12.4. The third-order valence-electron chi connectivity index (χ3n) is 3.77. The van der Waals surface area contributed by atoms with Gasteiger partial charge in [-0.05, 0) is 73.1 Å². The maximum Gasteiger partial charge on any atom is 0.481 e. The van der Waals surface area contributed by atoms with Gasteiger partial charge in [-0.25, -0.2) is 9.13 Å². The average molecular weight is 453 g/mol. The highest BCUT2D eigenvalue weighted by Gasteiger charge is 2.31. The van der Waals surface area contributed by atoms with E-state index in [1.165, 1.54) is 18.1 Å². The molecule has 1 unspecified atom stereocenters. The number of hydrogen-bond donors (Lipinski definition) is 3. The van der Waals surface area contributed by atoms with E-state index in [0.717, 1.165) is 31.3 Å². The summed E-state index contributed by atoms with van der Waals surface area (Å²) in [5, 5.41) is 0. The van der Waals surface area contributed by atoms with Crippen LogP contribution in [-0.2, 0) is 18.0 Å². The van der Waals surface area contributed by atoms with Crippen LogP contribution < -0.4 is 0 Å². The lowest BCUT2D eigenvalue weighted by Gasteiger charge is -2.11. The van der Waals surface area contributed by atoms with Gasteiger partial charge in [-0.15, -0.1) is 0 Å². The van der Waals surface area contributed by atoms with Crippen LogP contribution >= 0.6 is 15.6 Å². The van der Waals surface area contributed by atoms with Crippen LogP contribution in [0.2, 0.25) is 0 Å². The van der Waals surface area contributed by atoms with Crippen LogP contribution in [0.4, 0.5) is 0 Å². The lowest BCUT2D eigenvalue weighted by Crippen LogP contribution is -1.94. The molecule has 0 spiro atoms. The van der Waals surface area contributed by atoms with E-state index < -0.39 is 28.3 Å². The molecule has 0 aromatic carbocycles. The van der Waals surface area contributed by atoms with Crippen LogP contribution in [0.15, 0.2) is 46.6 Å². The van der Waals surface area contributed by atoms with E-state index in [2.05, 4.69) is 41.8 Å². The SMILES string of the molecule is [2H]/C(=C(/C)CC/C=C(\C)CC/C=C(\C)CCC=C(C)C)C([2H])([2H])OP(=O)(O)OP(=O)(O)O. The number of rotatable bonds is 14. The van der Waals surface area contributed by atoms with Crippen LogP contribution in [0.25, 0.3) is 0 Å². The van der Waals surface area contributed by atoms with Gasteiger partial charge in [0, 0.05) is 0 Å². The average Bonchev–Trinajstić information content (AvgIpc) is 2.57. The topological polar surface area (TPSA) is 113 Å². The van der Waals surface area contributed by atoms with Crippen molar-refractivity contribution < 1.29 is 36.8 Å². The molecule has 0 aromatic heterocycles. The minimum absolute atomic E-state index is 0.269. The van der Waals surface area contributed by atoms with Crippen molar-refractivity contribution in [2.75, 3.05) is 6.56 Å². The Balaban J connectivity index is 4.77. The van der Waals surface area contributed by atoms with E-state index >= 15 is 0 Å². The molecule has 168 valence electrons. The maximum atomic E-state index is 11.6. The van der Waals surface area contributed by atoms with Crippen LogP contribution in [0.1, 0.15) is 77.3 Å². The summed E-state index contributed by atoms with van der Waals surface area (Å²) in [6.45, 7) is 6.71. The summed E-state index contributed by atoms with van der Waals surface area (Å²) in [5.41, 5.74) is 4.09. The molecule has 1 atom stereocenters. The summed E-state index contributed by atoms with van der Waals surface area (Å²) >= 11 is 0. The molecule has 0 aliphatic carbocycles. The fourth-order valence-electron chi connectivity index (χ4n) is 2.26. The van der Waals surface area contributed by atoms with Gasteiger partial charge < -0.3 is 14.7 Å². The Morgan fingerprint density at radius 1 is 0.862 bits per heavy atom. The van der Waals surface area contributed by atoms with E-state index in [1.54, 1.807) is 0 Å². The van der Waals surface area contributed by atoms with Gasteiger partial charge in [-0.1, -0.05) is 46.6 Å². The van der Waals surface area contributed by atoms with Crippen LogP contribution in [-0.4, -0.2) is 21.2 Å². The second-order valence-electron chi connectivity index (χ2n) is 7.14. The fraction of sp³-hybridized carbons (Fsp3) is 0.600. The zero-order valence-corrected chi connectivity index (χ0v) is 19.6. The molecule has 0 aromatic rings. The normalized spacial score (nSPS) is 18.3. The minimum atomic E-state index is -5.42. The van der Waals surface area contributed by atoms with E-state index in [1.807, 2.05) is 13.0 Å². The Labute approximate surface area is 179 Å². The largest absolute Gasteiger partial charge is 0.481 e.